The van der Waals surface area contributed by atoms with Crippen LogP contribution in [0.25, 0.3) is 0 Å². The largest absolute Gasteiger partial charge is 0.434 e. The standard InChI is InChI=1S/C22H28ClN5O5.C16H19Cl2N3O2.C6H10N2O3/c1-14(2)18-20(30)28(21(31)24-18)33-22(32)27-12-10-25(11-13-27)16-7-5-6-15(17(16)23)19(29)26-8-3-4-9-26;17-14-12(15(22)20-6-1-2-7-20)4-3-5-13(14)19-8-10-21(11-9-19)16(18)23;1-3(2)4-5(9)8(11)6(10)7-4/h5-7,14,18H,3-4,8-13H2,1-2H3,(H,24,31);3-5H,1-2,6-11H2;3-4,11H,1-2H3,(H,7,10)/t18-;;4-/m0.0/s1. The van der Waals surface area contributed by atoms with E-state index in [0.717, 1.165) is 63.2 Å². The Morgan fingerprint density at radius 3 is 1.34 bits per heavy atom. The smallest absolute Gasteiger partial charge is 0.367 e. The van der Waals surface area contributed by atoms with Crippen molar-refractivity contribution < 1.29 is 48.4 Å². The summed E-state index contributed by atoms with van der Waals surface area (Å²) in [5.74, 6) is -1.33. The van der Waals surface area contributed by atoms with Gasteiger partial charge in [0.1, 0.15) is 12.1 Å². The molecule has 67 heavy (non-hydrogen) atoms. The summed E-state index contributed by atoms with van der Waals surface area (Å²) < 4.78 is 0. The Bertz CT molecular complexity index is 2210. The molecule has 6 fully saturated rings. The number of likely N-dealkylation sites (tertiary alicyclic amines) is 2. The van der Waals surface area contributed by atoms with Gasteiger partial charge in [-0.2, -0.15) is 0 Å². The fourth-order valence-corrected chi connectivity index (χ4v) is 9.21. The predicted molar refractivity (Wildman–Crippen MR) is 248 cm³/mol. The fraction of sp³-hybridized carbons (Fsp3) is 0.545. The number of nitrogens with zero attached hydrogens (tertiary/aromatic N) is 8. The lowest BCUT2D eigenvalue weighted by Gasteiger charge is -2.36. The summed E-state index contributed by atoms with van der Waals surface area (Å²) in [5, 5.41) is 14.7. The Labute approximate surface area is 403 Å². The van der Waals surface area contributed by atoms with E-state index in [1.54, 1.807) is 44.7 Å². The van der Waals surface area contributed by atoms with Gasteiger partial charge in [-0.1, -0.05) is 68.1 Å². The van der Waals surface area contributed by atoms with Gasteiger partial charge in [0.15, 0.2) is 0 Å². The molecule has 364 valence electrons. The molecule has 0 unspecified atom stereocenters. The van der Waals surface area contributed by atoms with E-state index in [0.29, 0.717) is 78.6 Å². The maximum absolute atomic E-state index is 12.8. The van der Waals surface area contributed by atoms with Crippen LogP contribution in [-0.2, 0) is 14.4 Å². The van der Waals surface area contributed by atoms with Crippen molar-refractivity contribution in [1.29, 1.82) is 0 Å². The van der Waals surface area contributed by atoms with Crippen LogP contribution in [0.15, 0.2) is 36.4 Å². The zero-order valence-corrected chi connectivity index (χ0v) is 40.2. The van der Waals surface area contributed by atoms with Crippen LogP contribution in [0.3, 0.4) is 0 Å². The van der Waals surface area contributed by atoms with Crippen molar-refractivity contribution in [2.24, 2.45) is 11.8 Å². The monoisotopic (exact) mass is 990 g/mol. The summed E-state index contributed by atoms with van der Waals surface area (Å²) in [6.45, 7) is 14.3. The number of rotatable bonds is 7. The van der Waals surface area contributed by atoms with Crippen molar-refractivity contribution in [3.8, 4) is 0 Å². The number of piperazine rings is 2. The highest BCUT2D eigenvalue weighted by atomic mass is 35.5. The lowest BCUT2D eigenvalue weighted by molar-refractivity contribution is -0.152. The van der Waals surface area contributed by atoms with Gasteiger partial charge in [0, 0.05) is 78.5 Å². The van der Waals surface area contributed by atoms with Gasteiger partial charge in [-0.3, -0.25) is 29.2 Å². The van der Waals surface area contributed by atoms with Crippen molar-refractivity contribution in [1.82, 2.24) is 40.4 Å². The molecule has 20 nitrogen and oxygen atoms in total. The number of hydroxylamine groups is 4. The second kappa shape index (κ2) is 22.5. The molecule has 6 saturated heterocycles. The molecule has 8 rings (SSSR count). The summed E-state index contributed by atoms with van der Waals surface area (Å²) in [5.41, 5.74) is 2.63. The molecule has 0 radical (unpaired) electrons. The Hall–Kier alpha value is -5.57. The third-order valence-corrected chi connectivity index (χ3v) is 13.4. The van der Waals surface area contributed by atoms with Crippen LogP contribution in [-0.4, -0.2) is 173 Å². The number of hydrogen-bond donors (Lipinski definition) is 3. The maximum atomic E-state index is 12.8. The van der Waals surface area contributed by atoms with Crippen LogP contribution in [0.4, 0.5) is 30.6 Å². The van der Waals surface area contributed by atoms with Gasteiger partial charge >= 0.3 is 23.5 Å². The molecule has 3 N–H and O–H groups in total. The fourth-order valence-electron chi connectivity index (χ4n) is 8.39. The van der Waals surface area contributed by atoms with Crippen LogP contribution in [0.2, 0.25) is 10.0 Å². The molecule has 6 aliphatic rings. The van der Waals surface area contributed by atoms with Crippen LogP contribution in [0.5, 0.6) is 0 Å². The number of benzene rings is 2. The number of urea groups is 2. The van der Waals surface area contributed by atoms with Crippen molar-refractivity contribution in [3.63, 3.8) is 0 Å². The highest BCUT2D eigenvalue weighted by Gasteiger charge is 2.44. The third-order valence-electron chi connectivity index (χ3n) is 12.3. The van der Waals surface area contributed by atoms with E-state index in [2.05, 4.69) is 15.5 Å². The molecule has 0 aliphatic carbocycles. The van der Waals surface area contributed by atoms with E-state index < -0.39 is 47.4 Å². The average Bonchev–Trinajstić information content (AvgIpc) is 4.15. The van der Waals surface area contributed by atoms with Gasteiger partial charge in [-0.25, -0.2) is 14.4 Å². The highest BCUT2D eigenvalue weighted by molar-refractivity contribution is 6.62. The Kier molecular flexibility index (Phi) is 17.1. The Balaban J connectivity index is 0.000000188. The quantitative estimate of drug-likeness (QED) is 0.139. The van der Waals surface area contributed by atoms with Gasteiger partial charge in [0.05, 0.1) is 32.5 Å². The minimum Gasteiger partial charge on any atom is -0.367 e. The molecule has 10 amide bonds. The first kappa shape index (κ1) is 50.8. The predicted octanol–water partition coefficient (Wildman–Crippen LogP) is 5.33. The van der Waals surface area contributed by atoms with E-state index in [9.17, 15) is 38.4 Å². The molecule has 2 aromatic carbocycles. The normalized spacial score (nSPS) is 20.8. The van der Waals surface area contributed by atoms with Crippen molar-refractivity contribution in [2.45, 2.75) is 65.5 Å². The first-order valence-corrected chi connectivity index (χ1v) is 23.6. The summed E-state index contributed by atoms with van der Waals surface area (Å²) in [7, 11) is 0. The van der Waals surface area contributed by atoms with Crippen LogP contribution < -0.4 is 20.4 Å². The molecule has 6 aliphatic heterocycles. The third kappa shape index (κ3) is 11.8. The zero-order valence-electron chi connectivity index (χ0n) is 37.9. The average molecular weight is 992 g/mol. The van der Waals surface area contributed by atoms with Gasteiger partial charge in [-0.05, 0) is 73.4 Å². The summed E-state index contributed by atoms with van der Waals surface area (Å²) in [6, 6.07) is 8.21. The SMILES string of the molecule is CC(C)[C@@H]1NC(=O)N(O)C1=O.CC(C)[C@@H]1NC(=O)N(OC(=O)N2CCN(c3cccc(C(=O)N4CCCC4)c3Cl)CC2)C1=O.O=C(Cl)N1CCN(c2cccc(C(=O)N3CCCC3)c2Cl)CC1. The maximum Gasteiger partial charge on any atom is 0.434 e. The van der Waals surface area contributed by atoms with Crippen molar-refractivity contribution in [3.05, 3.63) is 57.6 Å². The lowest BCUT2D eigenvalue weighted by Crippen LogP contribution is -2.51. The van der Waals surface area contributed by atoms with Crippen LogP contribution in [0.1, 0.15) is 74.1 Å². The summed E-state index contributed by atoms with van der Waals surface area (Å²) in [4.78, 5) is 111. The molecular weight excluding hydrogens is 935 g/mol. The van der Waals surface area contributed by atoms with Crippen LogP contribution in [0, 0.1) is 11.8 Å². The van der Waals surface area contributed by atoms with Gasteiger partial charge in [-0.15, -0.1) is 5.06 Å². The highest BCUT2D eigenvalue weighted by Crippen LogP contribution is 2.33. The molecule has 0 spiro atoms. The number of carbonyl (C=O) groups is 8. The minimum absolute atomic E-state index is 0.00333. The lowest BCUT2D eigenvalue weighted by atomic mass is 10.1. The Morgan fingerprint density at radius 1 is 0.582 bits per heavy atom. The number of imide groups is 2. The number of carbonyl (C=O) groups excluding carboxylic acids is 8. The number of anilines is 2. The van der Waals surface area contributed by atoms with Crippen LogP contribution >= 0.6 is 34.8 Å². The second-order valence-electron chi connectivity index (χ2n) is 17.5. The molecule has 23 heteroatoms. The molecule has 6 heterocycles. The molecule has 0 aromatic heterocycles. The summed E-state index contributed by atoms with van der Waals surface area (Å²) >= 11 is 18.6. The molecule has 0 bridgehead atoms. The van der Waals surface area contributed by atoms with E-state index in [1.165, 1.54) is 4.90 Å². The number of hydrogen-bond acceptors (Lipinski definition) is 12. The van der Waals surface area contributed by atoms with E-state index in [-0.39, 0.29) is 28.7 Å². The minimum atomic E-state index is -0.758. The van der Waals surface area contributed by atoms with Gasteiger partial charge in [0.25, 0.3) is 23.6 Å². The topological polar surface area (TPSA) is 216 Å². The first-order valence-electron chi connectivity index (χ1n) is 22.4. The zero-order chi connectivity index (χ0) is 48.7. The molecule has 0 saturated carbocycles. The Morgan fingerprint density at radius 2 is 0.985 bits per heavy atom. The van der Waals surface area contributed by atoms with E-state index >= 15 is 0 Å². The molecule has 2 aromatic rings. The van der Waals surface area contributed by atoms with E-state index in [1.807, 2.05) is 39.0 Å². The number of halogens is 3. The molecule has 2 atom stereocenters. The first-order chi connectivity index (χ1) is 31.9. The van der Waals surface area contributed by atoms with Crippen molar-refractivity contribution >= 4 is 93.3 Å². The molecular formula is C44H57Cl3N10O10. The van der Waals surface area contributed by atoms with Gasteiger partial charge in [0.2, 0.25) is 0 Å². The van der Waals surface area contributed by atoms with Gasteiger partial charge < -0.3 is 44.9 Å². The number of nitrogens with one attached hydrogen (secondary N) is 2. The number of amides is 10. The van der Waals surface area contributed by atoms with E-state index in [4.69, 9.17) is 44.8 Å². The summed E-state index contributed by atoms with van der Waals surface area (Å²) in [6.07, 6.45) is 3.36. The second-order valence-corrected chi connectivity index (χ2v) is 18.5. The van der Waals surface area contributed by atoms with Crippen molar-refractivity contribution in [2.75, 3.05) is 88.3 Å².